The number of halogens is 1. The average Bonchev–Trinajstić information content (AvgIpc) is 2.33. The third-order valence-corrected chi connectivity index (χ3v) is 3.56. The fourth-order valence-electron chi connectivity index (χ4n) is 2.06. The summed E-state index contributed by atoms with van der Waals surface area (Å²) in [5.74, 6) is -0.641. The Hall–Kier alpha value is -1.67. The van der Waals surface area contributed by atoms with E-state index in [0.717, 1.165) is 0 Å². The van der Waals surface area contributed by atoms with E-state index in [1.54, 1.807) is 20.8 Å². The van der Waals surface area contributed by atoms with Crippen LogP contribution in [0.1, 0.15) is 38.0 Å². The van der Waals surface area contributed by atoms with E-state index in [9.17, 15) is 14.9 Å². The lowest BCUT2D eigenvalue weighted by molar-refractivity contribution is -0.384. The lowest BCUT2D eigenvalue weighted by atomic mass is 9.99. The lowest BCUT2D eigenvalue weighted by Crippen LogP contribution is -2.29. The summed E-state index contributed by atoms with van der Waals surface area (Å²) in [5, 5.41) is 11.2. The molecule has 1 aromatic rings. The Kier molecular flexibility index (Phi) is 5.53. The molecule has 7 nitrogen and oxygen atoms in total. The Morgan fingerprint density at radius 2 is 2.00 bits per heavy atom. The van der Waals surface area contributed by atoms with Crippen molar-refractivity contribution in [1.82, 2.24) is 0 Å². The summed E-state index contributed by atoms with van der Waals surface area (Å²) in [5.41, 5.74) is 5.41. The predicted octanol–water partition coefficient (Wildman–Crippen LogP) is 3.28. The molecular formula is C14H19BrN2O5. The maximum absolute atomic E-state index is 12.1. The van der Waals surface area contributed by atoms with Gasteiger partial charge in [0.25, 0.3) is 5.69 Å². The van der Waals surface area contributed by atoms with Crippen LogP contribution in [0.4, 0.5) is 11.4 Å². The highest BCUT2D eigenvalue weighted by molar-refractivity contribution is 9.10. The molecule has 0 fully saturated rings. The number of rotatable bonds is 4. The first-order valence-corrected chi connectivity index (χ1v) is 7.27. The molecule has 122 valence electrons. The number of methoxy groups -OCH3 is 1. The van der Waals surface area contributed by atoms with Gasteiger partial charge in [0, 0.05) is 15.6 Å². The molecule has 0 bridgehead atoms. The Balaban J connectivity index is 3.58. The molecular weight excluding hydrogens is 356 g/mol. The molecule has 1 aromatic carbocycles. The number of benzene rings is 1. The molecule has 22 heavy (non-hydrogen) atoms. The van der Waals surface area contributed by atoms with Crippen LogP contribution in [-0.2, 0) is 14.3 Å². The Morgan fingerprint density at radius 1 is 1.45 bits per heavy atom. The fraction of sp³-hybridized carbons (Fsp3) is 0.500. The van der Waals surface area contributed by atoms with Crippen LogP contribution in [0.15, 0.2) is 10.5 Å². The minimum Gasteiger partial charge on any atom is -0.467 e. The number of nitrogens with zero attached hydrogens (tertiary/aromatic N) is 1. The maximum Gasteiger partial charge on any atom is 0.339 e. The molecule has 8 heteroatoms. The number of nitro benzene ring substituents is 1. The smallest absolute Gasteiger partial charge is 0.339 e. The topological polar surface area (TPSA) is 105 Å². The average molecular weight is 375 g/mol. The predicted molar refractivity (Wildman–Crippen MR) is 85.5 cm³/mol. The van der Waals surface area contributed by atoms with Crippen LogP contribution in [0, 0.1) is 17.0 Å². The van der Waals surface area contributed by atoms with Crippen LogP contribution < -0.4 is 5.73 Å². The zero-order valence-electron chi connectivity index (χ0n) is 13.1. The summed E-state index contributed by atoms with van der Waals surface area (Å²) >= 11 is 3.30. The molecule has 0 unspecified atom stereocenters. The summed E-state index contributed by atoms with van der Waals surface area (Å²) in [6.07, 6.45) is -1.10. The SMILES string of the molecule is COC(=O)[C@@H](OC(C)(C)C)c1c(Br)cc(N)c([N+](=O)[O-])c1C. The number of hydrogen-bond acceptors (Lipinski definition) is 6. The second-order valence-corrected chi connectivity index (χ2v) is 6.58. The van der Waals surface area contributed by atoms with Crippen molar-refractivity contribution in [3.63, 3.8) is 0 Å². The van der Waals surface area contributed by atoms with Gasteiger partial charge in [0.2, 0.25) is 0 Å². The summed E-state index contributed by atoms with van der Waals surface area (Å²) in [4.78, 5) is 22.7. The normalized spacial score (nSPS) is 12.8. The van der Waals surface area contributed by atoms with E-state index in [1.165, 1.54) is 20.1 Å². The van der Waals surface area contributed by atoms with Gasteiger partial charge in [0.15, 0.2) is 6.10 Å². The first kappa shape index (κ1) is 18.4. The minimum absolute atomic E-state index is 0.0116. The number of hydrogen-bond donors (Lipinski definition) is 1. The third-order valence-electron chi connectivity index (χ3n) is 2.90. The highest BCUT2D eigenvalue weighted by atomic mass is 79.9. The van der Waals surface area contributed by atoms with E-state index < -0.39 is 22.6 Å². The van der Waals surface area contributed by atoms with Crippen molar-refractivity contribution in [2.45, 2.75) is 39.4 Å². The van der Waals surface area contributed by atoms with E-state index in [4.69, 9.17) is 15.2 Å². The molecule has 1 atom stereocenters. The molecule has 2 N–H and O–H groups in total. The summed E-state index contributed by atoms with van der Waals surface area (Å²) in [6.45, 7) is 6.85. The van der Waals surface area contributed by atoms with Crippen molar-refractivity contribution in [3.05, 3.63) is 31.8 Å². The van der Waals surface area contributed by atoms with Crippen molar-refractivity contribution >= 4 is 33.3 Å². The zero-order chi connectivity index (χ0) is 17.2. The number of esters is 1. The molecule has 0 aliphatic rings. The van der Waals surface area contributed by atoms with E-state index in [0.29, 0.717) is 10.0 Å². The molecule has 0 saturated carbocycles. The highest BCUT2D eigenvalue weighted by Gasteiger charge is 2.34. The Labute approximate surface area is 137 Å². The van der Waals surface area contributed by atoms with Crippen LogP contribution in [-0.4, -0.2) is 23.6 Å². The van der Waals surface area contributed by atoms with E-state index in [-0.39, 0.29) is 16.9 Å². The molecule has 0 aliphatic carbocycles. The standard InChI is InChI=1S/C14H19BrN2O5/c1-7-10(8(15)6-9(16)11(7)17(19)20)12(13(18)21-5)22-14(2,3)4/h6,12H,16H2,1-5H3/t12-/m0/s1. The monoisotopic (exact) mass is 374 g/mol. The molecule has 0 radical (unpaired) electrons. The van der Waals surface area contributed by atoms with Gasteiger partial charge in [-0.2, -0.15) is 0 Å². The van der Waals surface area contributed by atoms with Gasteiger partial charge in [-0.1, -0.05) is 15.9 Å². The number of nitrogen functional groups attached to an aromatic ring is 1. The van der Waals surface area contributed by atoms with Crippen LogP contribution in [0.5, 0.6) is 0 Å². The van der Waals surface area contributed by atoms with Gasteiger partial charge in [0.05, 0.1) is 17.6 Å². The van der Waals surface area contributed by atoms with E-state index >= 15 is 0 Å². The van der Waals surface area contributed by atoms with Crippen LogP contribution in [0.3, 0.4) is 0 Å². The summed E-state index contributed by atoms with van der Waals surface area (Å²) in [7, 11) is 1.23. The van der Waals surface area contributed by atoms with Crippen LogP contribution in [0.25, 0.3) is 0 Å². The van der Waals surface area contributed by atoms with Crippen LogP contribution in [0.2, 0.25) is 0 Å². The molecule has 1 rings (SSSR count). The second kappa shape index (κ2) is 6.62. The van der Waals surface area contributed by atoms with Gasteiger partial charge in [0.1, 0.15) is 5.69 Å². The number of nitrogens with two attached hydrogens (primary N) is 1. The lowest BCUT2D eigenvalue weighted by Gasteiger charge is -2.27. The quantitative estimate of drug-likeness (QED) is 0.375. The van der Waals surface area contributed by atoms with Gasteiger partial charge in [-0.3, -0.25) is 10.1 Å². The summed E-state index contributed by atoms with van der Waals surface area (Å²) in [6, 6.07) is 1.39. The number of ether oxygens (including phenoxy) is 2. The molecule has 0 amide bonds. The van der Waals surface area contributed by atoms with Gasteiger partial charge in [-0.15, -0.1) is 0 Å². The first-order valence-electron chi connectivity index (χ1n) is 6.48. The van der Waals surface area contributed by atoms with Gasteiger partial charge in [-0.25, -0.2) is 4.79 Å². The van der Waals surface area contributed by atoms with Gasteiger partial charge in [-0.05, 0) is 33.8 Å². The number of carbonyl (C=O) groups is 1. The summed E-state index contributed by atoms with van der Waals surface area (Å²) < 4.78 is 11.0. The number of anilines is 1. The maximum atomic E-state index is 12.1. The van der Waals surface area contributed by atoms with E-state index in [2.05, 4.69) is 15.9 Å². The van der Waals surface area contributed by atoms with E-state index in [1.807, 2.05) is 0 Å². The molecule has 0 heterocycles. The zero-order valence-corrected chi connectivity index (χ0v) is 14.7. The second-order valence-electron chi connectivity index (χ2n) is 5.73. The van der Waals surface area contributed by atoms with Crippen molar-refractivity contribution in [2.75, 3.05) is 12.8 Å². The Morgan fingerprint density at radius 3 is 2.41 bits per heavy atom. The Bertz CT molecular complexity index is 610. The molecule has 0 aliphatic heterocycles. The van der Waals surface area contributed by atoms with Crippen molar-refractivity contribution in [1.29, 1.82) is 0 Å². The first-order chi connectivity index (χ1) is 9.99. The van der Waals surface area contributed by atoms with Crippen LogP contribution >= 0.6 is 15.9 Å². The largest absolute Gasteiger partial charge is 0.467 e. The van der Waals surface area contributed by atoms with Crippen molar-refractivity contribution in [3.8, 4) is 0 Å². The van der Waals surface area contributed by atoms with Crippen molar-refractivity contribution in [2.24, 2.45) is 0 Å². The van der Waals surface area contributed by atoms with Gasteiger partial charge >= 0.3 is 5.97 Å². The molecule has 0 aromatic heterocycles. The highest BCUT2D eigenvalue weighted by Crippen LogP contribution is 2.40. The third kappa shape index (κ3) is 3.95. The minimum atomic E-state index is -1.10. The van der Waals surface area contributed by atoms with Crippen molar-refractivity contribution < 1.29 is 19.2 Å². The molecule has 0 spiro atoms. The molecule has 0 saturated heterocycles. The number of nitro groups is 1. The number of carbonyl (C=O) groups excluding carboxylic acids is 1. The van der Waals surface area contributed by atoms with Gasteiger partial charge < -0.3 is 15.2 Å². The fourth-order valence-corrected chi connectivity index (χ4v) is 2.81.